The van der Waals surface area contributed by atoms with Gasteiger partial charge in [0.25, 0.3) is 0 Å². The second-order valence-corrected chi connectivity index (χ2v) is 22.6. The molecule has 0 bridgehead atoms. The molecule has 0 atom stereocenters. The first-order valence-corrected chi connectivity index (χ1v) is 26.4. The lowest BCUT2D eigenvalue weighted by atomic mass is 9.78. The maximum Gasteiger partial charge on any atom is 0.137 e. The lowest BCUT2D eigenvalue weighted by Gasteiger charge is -2.27. The Kier molecular flexibility index (Phi) is 9.07. The van der Waals surface area contributed by atoms with Gasteiger partial charge in [-0.15, -0.1) is 0 Å². The minimum absolute atomic E-state index is 0.0873. The first-order valence-electron chi connectivity index (χ1n) is 30.9. The summed E-state index contributed by atoms with van der Waals surface area (Å²) >= 11 is 0. The van der Waals surface area contributed by atoms with Crippen molar-refractivity contribution in [3.05, 3.63) is 229 Å². The molecule has 0 spiro atoms. The zero-order valence-electron chi connectivity index (χ0n) is 53.1. The van der Waals surface area contributed by atoms with Gasteiger partial charge in [0.1, 0.15) is 24.0 Å². The summed E-state index contributed by atoms with van der Waals surface area (Å²) in [6.07, 6.45) is 1.88. The summed E-state index contributed by atoms with van der Waals surface area (Å²) in [5.41, 5.74) is 6.01. The predicted octanol–water partition coefficient (Wildman–Crippen LogP) is 19.8. The van der Waals surface area contributed by atoms with Gasteiger partial charge in [-0.25, -0.2) is 4.98 Å². The van der Waals surface area contributed by atoms with E-state index >= 15 is 0 Å². The van der Waals surface area contributed by atoms with Crippen LogP contribution in [-0.2, 0) is 22.9 Å². The molecule has 9 aromatic carbocycles. The summed E-state index contributed by atoms with van der Waals surface area (Å²) in [5.74, 6) is 2.09. The Hall–Kier alpha value is -8.67. The van der Waals surface area contributed by atoms with E-state index in [1.54, 1.807) is 0 Å². The molecule has 0 unspecified atom stereocenters. The Morgan fingerprint density at radius 1 is 0.442 bits per heavy atom. The Morgan fingerprint density at radius 2 is 1.06 bits per heavy atom. The molecule has 1 aliphatic rings. The van der Waals surface area contributed by atoms with Gasteiger partial charge in [0.2, 0.25) is 0 Å². The van der Waals surface area contributed by atoms with Gasteiger partial charge in [0.05, 0.1) is 27.8 Å². The second-order valence-electron chi connectivity index (χ2n) is 22.6. The van der Waals surface area contributed by atoms with Crippen LogP contribution in [0.4, 0.5) is 11.4 Å². The van der Waals surface area contributed by atoms with Crippen molar-refractivity contribution in [1.29, 1.82) is 0 Å². The van der Waals surface area contributed by atoms with Gasteiger partial charge in [0.15, 0.2) is 0 Å². The van der Waals surface area contributed by atoms with Crippen molar-refractivity contribution in [3.8, 4) is 39.6 Å². The van der Waals surface area contributed by atoms with Crippen molar-refractivity contribution >= 4 is 76.5 Å². The van der Waals surface area contributed by atoms with Gasteiger partial charge >= 0.3 is 0 Å². The molecule has 5 heteroatoms. The molecule has 0 saturated carbocycles. The van der Waals surface area contributed by atoms with Crippen molar-refractivity contribution in [2.45, 2.75) is 85.0 Å². The fraction of sp³-hybridized carbons (Fsp3) is 0.181. The lowest BCUT2D eigenvalue weighted by Crippen LogP contribution is -2.17. The monoisotopic (exact) mass is 1010 g/mol. The van der Waals surface area contributed by atoms with Crippen molar-refractivity contribution in [2.75, 3.05) is 4.90 Å². The number of nitrogens with zero attached hydrogens (tertiary/aromatic N) is 4. The minimum Gasteiger partial charge on any atom is -0.457 e. The number of rotatable bonds is 6. The van der Waals surface area contributed by atoms with E-state index in [1.807, 2.05) is 93.7 Å². The SMILES string of the molecule is [2H]C([2H])([2H])C(c1cc(-c2cccc3c4ccccc4c4ccccc4c4c(-c5ccccc5)ccc5c4n(c23)CN5c2cccc(Oc3ccc4c5ccccc5n(-c5cc(C(C)(C)C)ccn5)c4c3)c2)cc(C(C)(C)C)c1)(C([2H])([2H])[2H])C([2H])([2H])[2H]. The molecule has 378 valence electrons. The van der Waals surface area contributed by atoms with Crippen LogP contribution in [0.3, 0.4) is 0 Å². The largest absolute Gasteiger partial charge is 0.457 e. The fourth-order valence-corrected chi connectivity index (χ4v) is 11.6. The average molecular weight is 1010 g/mol. The number of fused-ring (bicyclic) bond motifs is 10. The molecule has 0 radical (unpaired) electrons. The number of hydrogen-bond acceptors (Lipinski definition) is 3. The molecular formula is C72H64N4O. The highest BCUT2D eigenvalue weighted by atomic mass is 16.5. The summed E-state index contributed by atoms with van der Waals surface area (Å²) in [7, 11) is 0. The van der Waals surface area contributed by atoms with Crippen LogP contribution < -0.4 is 9.64 Å². The van der Waals surface area contributed by atoms with Crippen LogP contribution in [0.5, 0.6) is 11.5 Å². The van der Waals surface area contributed by atoms with E-state index in [2.05, 4.69) is 162 Å². The molecule has 13 rings (SSSR count). The number of aromatic nitrogens is 3. The molecule has 0 fully saturated rings. The molecule has 1 aliphatic heterocycles. The Labute approximate surface area is 464 Å². The molecule has 12 aromatic rings. The van der Waals surface area contributed by atoms with Gasteiger partial charge in [0, 0.05) is 63.5 Å². The highest BCUT2D eigenvalue weighted by molar-refractivity contribution is 6.24. The van der Waals surface area contributed by atoms with Crippen LogP contribution in [0.2, 0.25) is 0 Å². The molecule has 0 amide bonds. The van der Waals surface area contributed by atoms with Crippen LogP contribution in [-0.4, -0.2) is 14.1 Å². The number of anilines is 2. The molecule has 4 heterocycles. The van der Waals surface area contributed by atoms with E-state index in [0.29, 0.717) is 28.2 Å². The van der Waals surface area contributed by atoms with Crippen LogP contribution in [0.1, 0.15) is 91.1 Å². The minimum atomic E-state index is -3.48. The zero-order valence-corrected chi connectivity index (χ0v) is 44.1. The first-order chi connectivity index (χ1) is 40.8. The Morgan fingerprint density at radius 3 is 1.81 bits per heavy atom. The van der Waals surface area contributed by atoms with E-state index in [4.69, 9.17) is 22.1 Å². The number of para-hydroxylation sites is 2. The zero-order chi connectivity index (χ0) is 60.5. The third-order valence-electron chi connectivity index (χ3n) is 15.5. The Balaban J connectivity index is 1.08. The van der Waals surface area contributed by atoms with E-state index in [-0.39, 0.29) is 17.6 Å². The molecule has 77 heavy (non-hydrogen) atoms. The van der Waals surface area contributed by atoms with Gasteiger partial charge in [-0.2, -0.15) is 0 Å². The summed E-state index contributed by atoms with van der Waals surface area (Å²) in [6, 6.07) is 69.5. The standard InChI is InChI=1S/C72H64N4O/c1-70(2,3)48-37-38-73-66(42-48)76-63-32-18-17-28-59(63)60-34-33-53(44-65(60)76)77-52-24-19-23-51(43-52)74-45-75-68-55(47-39-49(71(4,5)6)41-50(40-47)72(7,8)9)30-20-31-62(68)58-27-14-13-25-56(58)57-26-15-16-29-61(57)67-54(35-36-64(74)69(67)75)46-21-11-10-12-22-46/h10-44H,45H2,1-9H3/i4D3,5D3,6D3. The molecule has 0 aliphatic carbocycles. The van der Waals surface area contributed by atoms with E-state index < -0.39 is 31.4 Å². The van der Waals surface area contributed by atoms with E-state index in [9.17, 15) is 0 Å². The average Bonchev–Trinajstić information content (AvgIpc) is 0.910. The van der Waals surface area contributed by atoms with Crippen LogP contribution in [0, 0.1) is 0 Å². The van der Waals surface area contributed by atoms with E-state index in [1.165, 1.54) is 17.7 Å². The normalized spacial score (nSPS) is 15.1. The van der Waals surface area contributed by atoms with Crippen molar-refractivity contribution in [2.24, 2.45) is 0 Å². The number of ether oxygens (including phenoxy) is 1. The quantitative estimate of drug-likeness (QED) is 0.166. The van der Waals surface area contributed by atoms with Crippen molar-refractivity contribution in [1.82, 2.24) is 14.1 Å². The second kappa shape index (κ2) is 18.0. The van der Waals surface area contributed by atoms with Crippen LogP contribution in [0.15, 0.2) is 212 Å². The summed E-state index contributed by atoms with van der Waals surface area (Å²) in [4.78, 5) is 7.19. The first kappa shape index (κ1) is 38.8. The van der Waals surface area contributed by atoms with Gasteiger partial charge in [-0.1, -0.05) is 208 Å². The van der Waals surface area contributed by atoms with Crippen molar-refractivity contribution < 1.29 is 17.1 Å². The number of hydrogen-bond donors (Lipinski definition) is 0. The summed E-state index contributed by atoms with van der Waals surface area (Å²) in [6.45, 7) is 2.32. The lowest BCUT2D eigenvalue weighted by molar-refractivity contribution is 0.483. The van der Waals surface area contributed by atoms with Gasteiger partial charge in [-0.05, 0) is 120 Å². The third kappa shape index (κ3) is 8.28. The van der Waals surface area contributed by atoms with Crippen molar-refractivity contribution in [3.63, 3.8) is 0 Å². The highest BCUT2D eigenvalue weighted by Gasteiger charge is 2.29. The molecule has 0 saturated heterocycles. The third-order valence-corrected chi connectivity index (χ3v) is 15.5. The van der Waals surface area contributed by atoms with Crippen LogP contribution in [0.25, 0.3) is 93.2 Å². The maximum atomic E-state index is 8.89. The number of benzene rings is 9. The highest BCUT2D eigenvalue weighted by Crippen LogP contribution is 2.48. The van der Waals surface area contributed by atoms with Gasteiger partial charge in [-0.3, -0.25) is 4.57 Å². The number of pyridine rings is 1. The maximum absolute atomic E-state index is 8.89. The molecular weight excluding hydrogens is 937 g/mol. The summed E-state index contributed by atoms with van der Waals surface area (Å²) in [5, 5.41) is 7.99. The molecule has 0 N–H and O–H groups in total. The Bertz CT molecular complexity index is 4730. The molecule has 3 aromatic heterocycles. The van der Waals surface area contributed by atoms with Gasteiger partial charge < -0.3 is 14.2 Å². The fourth-order valence-electron chi connectivity index (χ4n) is 11.6. The predicted molar refractivity (Wildman–Crippen MR) is 326 cm³/mol. The summed E-state index contributed by atoms with van der Waals surface area (Å²) < 4.78 is 91.5. The van der Waals surface area contributed by atoms with Crippen LogP contribution >= 0.6 is 0 Å². The smallest absolute Gasteiger partial charge is 0.137 e. The van der Waals surface area contributed by atoms with E-state index in [0.717, 1.165) is 93.5 Å². The molecule has 5 nitrogen and oxygen atoms in total. The topological polar surface area (TPSA) is 35.2 Å².